The predicted octanol–water partition coefficient (Wildman–Crippen LogP) is 3.02. The Morgan fingerprint density at radius 2 is 1.82 bits per heavy atom. The van der Waals surface area contributed by atoms with Gasteiger partial charge in [0.1, 0.15) is 5.82 Å². The van der Waals surface area contributed by atoms with Crippen molar-refractivity contribution in [3.8, 4) is 5.75 Å². The van der Waals surface area contributed by atoms with Gasteiger partial charge in [0.2, 0.25) is 0 Å². The van der Waals surface area contributed by atoms with Crippen LogP contribution in [0.1, 0.15) is 29.8 Å². The van der Waals surface area contributed by atoms with E-state index in [0.717, 1.165) is 11.6 Å². The fourth-order valence-electron chi connectivity index (χ4n) is 3.84. The van der Waals surface area contributed by atoms with Crippen molar-refractivity contribution in [1.29, 1.82) is 0 Å². The minimum absolute atomic E-state index is 0.0483. The van der Waals surface area contributed by atoms with E-state index in [1.54, 1.807) is 17.0 Å². The molecular weight excluding hydrogens is 433 g/mol. The van der Waals surface area contributed by atoms with E-state index >= 15 is 0 Å². The number of nitro benzene ring substituents is 1. The van der Waals surface area contributed by atoms with E-state index in [4.69, 9.17) is 4.74 Å². The number of hydrogen-bond donors (Lipinski definition) is 0. The molecule has 0 bridgehead atoms. The third-order valence-electron chi connectivity index (χ3n) is 5.66. The summed E-state index contributed by atoms with van der Waals surface area (Å²) in [4.78, 5) is 39.2. The standard InChI is InChI=1S/C23H26FN3O6/c1-15-12-26(16(2)11-25(15)13-17-4-7-19(24)8-5-17)22(28)14-33-21-10-18(23(29)32-3)6-9-20(21)27(30)31/h4-10,15-16H,11-14H2,1-3H3/t15-,16+/m0/s1. The molecule has 1 fully saturated rings. The maximum atomic E-state index is 13.2. The van der Waals surface area contributed by atoms with Crippen LogP contribution in [-0.2, 0) is 16.1 Å². The first-order valence-corrected chi connectivity index (χ1v) is 10.5. The van der Waals surface area contributed by atoms with Gasteiger partial charge in [0.15, 0.2) is 12.4 Å². The Morgan fingerprint density at radius 3 is 2.45 bits per heavy atom. The molecule has 1 amide bonds. The number of methoxy groups -OCH3 is 1. The summed E-state index contributed by atoms with van der Waals surface area (Å²) in [5, 5.41) is 11.3. The lowest BCUT2D eigenvalue weighted by atomic mass is 10.1. The number of esters is 1. The molecule has 1 saturated heterocycles. The van der Waals surface area contributed by atoms with E-state index in [9.17, 15) is 24.1 Å². The smallest absolute Gasteiger partial charge is 0.337 e. The maximum absolute atomic E-state index is 13.2. The summed E-state index contributed by atoms with van der Waals surface area (Å²) in [7, 11) is 1.20. The van der Waals surface area contributed by atoms with Crippen molar-refractivity contribution in [2.45, 2.75) is 32.5 Å². The molecule has 3 rings (SSSR count). The molecule has 1 heterocycles. The van der Waals surface area contributed by atoms with Crippen molar-refractivity contribution >= 4 is 17.6 Å². The van der Waals surface area contributed by atoms with Crippen LogP contribution in [0.25, 0.3) is 0 Å². The van der Waals surface area contributed by atoms with Gasteiger partial charge in [-0.3, -0.25) is 19.8 Å². The number of nitrogens with zero attached hydrogens (tertiary/aromatic N) is 3. The largest absolute Gasteiger partial charge is 0.477 e. The zero-order valence-corrected chi connectivity index (χ0v) is 18.7. The molecule has 0 aromatic heterocycles. The average Bonchev–Trinajstić information content (AvgIpc) is 2.80. The second-order valence-electron chi connectivity index (χ2n) is 8.02. The number of benzene rings is 2. The predicted molar refractivity (Wildman–Crippen MR) is 117 cm³/mol. The van der Waals surface area contributed by atoms with Crippen LogP contribution in [0.15, 0.2) is 42.5 Å². The second kappa shape index (κ2) is 10.4. The van der Waals surface area contributed by atoms with Gasteiger partial charge in [-0.15, -0.1) is 0 Å². The fourth-order valence-corrected chi connectivity index (χ4v) is 3.84. The number of amides is 1. The summed E-state index contributed by atoms with van der Waals surface area (Å²) in [5.41, 5.74) is 0.722. The second-order valence-corrected chi connectivity index (χ2v) is 8.02. The highest BCUT2D eigenvalue weighted by Gasteiger charge is 2.32. The zero-order valence-electron chi connectivity index (χ0n) is 18.7. The topological polar surface area (TPSA) is 102 Å². The van der Waals surface area contributed by atoms with Crippen molar-refractivity contribution in [3.63, 3.8) is 0 Å². The van der Waals surface area contributed by atoms with Gasteiger partial charge in [0.05, 0.1) is 17.6 Å². The minimum atomic E-state index is -0.666. The molecule has 10 heteroatoms. The molecular formula is C23H26FN3O6. The molecule has 0 radical (unpaired) electrons. The molecule has 2 aromatic carbocycles. The van der Waals surface area contributed by atoms with Gasteiger partial charge in [-0.05, 0) is 37.6 Å². The molecule has 0 aliphatic carbocycles. The molecule has 0 spiro atoms. The first-order chi connectivity index (χ1) is 15.7. The first-order valence-electron chi connectivity index (χ1n) is 10.5. The van der Waals surface area contributed by atoms with Crippen molar-refractivity contribution in [3.05, 3.63) is 69.5 Å². The van der Waals surface area contributed by atoms with Crippen LogP contribution in [0.2, 0.25) is 0 Å². The molecule has 0 unspecified atom stereocenters. The van der Waals surface area contributed by atoms with Gasteiger partial charge in [-0.1, -0.05) is 12.1 Å². The number of rotatable bonds is 7. The van der Waals surface area contributed by atoms with E-state index in [1.807, 2.05) is 13.8 Å². The number of carbonyl (C=O) groups is 2. The summed E-state index contributed by atoms with van der Waals surface area (Å²) in [5.74, 6) is -1.44. The summed E-state index contributed by atoms with van der Waals surface area (Å²) < 4.78 is 23.3. The Labute approximate surface area is 190 Å². The van der Waals surface area contributed by atoms with Gasteiger partial charge in [-0.25, -0.2) is 9.18 Å². The van der Waals surface area contributed by atoms with E-state index in [-0.39, 0.29) is 40.8 Å². The lowest BCUT2D eigenvalue weighted by Gasteiger charge is -2.44. The van der Waals surface area contributed by atoms with Crippen molar-refractivity contribution in [2.24, 2.45) is 0 Å². The summed E-state index contributed by atoms with van der Waals surface area (Å²) in [6, 6.07) is 9.88. The number of ether oxygens (including phenoxy) is 2. The number of nitro groups is 1. The van der Waals surface area contributed by atoms with Crippen LogP contribution in [-0.4, -0.2) is 65.5 Å². The van der Waals surface area contributed by atoms with Crippen molar-refractivity contribution in [2.75, 3.05) is 26.8 Å². The van der Waals surface area contributed by atoms with Crippen LogP contribution in [0.4, 0.5) is 10.1 Å². The molecule has 176 valence electrons. The van der Waals surface area contributed by atoms with Crippen LogP contribution in [0.3, 0.4) is 0 Å². The van der Waals surface area contributed by atoms with E-state index in [1.165, 1.54) is 31.4 Å². The van der Waals surface area contributed by atoms with E-state index < -0.39 is 17.5 Å². The summed E-state index contributed by atoms with van der Waals surface area (Å²) in [6.07, 6.45) is 0. The van der Waals surface area contributed by atoms with Crippen LogP contribution < -0.4 is 4.74 Å². The molecule has 1 aliphatic heterocycles. The Hall–Kier alpha value is -3.53. The van der Waals surface area contributed by atoms with Crippen LogP contribution in [0.5, 0.6) is 5.75 Å². The van der Waals surface area contributed by atoms with E-state index in [0.29, 0.717) is 19.6 Å². The van der Waals surface area contributed by atoms with Gasteiger partial charge < -0.3 is 14.4 Å². The molecule has 1 aliphatic rings. The third kappa shape index (κ3) is 5.83. The van der Waals surface area contributed by atoms with Crippen LogP contribution in [0, 0.1) is 15.9 Å². The fraction of sp³-hybridized carbons (Fsp3) is 0.391. The van der Waals surface area contributed by atoms with Gasteiger partial charge >= 0.3 is 11.7 Å². The highest BCUT2D eigenvalue weighted by Crippen LogP contribution is 2.28. The highest BCUT2D eigenvalue weighted by atomic mass is 19.1. The lowest BCUT2D eigenvalue weighted by Crippen LogP contribution is -2.58. The Kier molecular flexibility index (Phi) is 7.59. The Balaban J connectivity index is 1.64. The highest BCUT2D eigenvalue weighted by molar-refractivity contribution is 5.90. The molecule has 2 atom stereocenters. The average molecular weight is 459 g/mol. The van der Waals surface area contributed by atoms with Crippen LogP contribution >= 0.6 is 0 Å². The maximum Gasteiger partial charge on any atom is 0.337 e. The molecule has 0 saturated carbocycles. The molecule has 33 heavy (non-hydrogen) atoms. The first kappa shape index (κ1) is 24.1. The molecule has 9 nitrogen and oxygen atoms in total. The normalized spacial score (nSPS) is 18.6. The summed E-state index contributed by atoms with van der Waals surface area (Å²) >= 11 is 0. The lowest BCUT2D eigenvalue weighted by molar-refractivity contribution is -0.385. The van der Waals surface area contributed by atoms with Gasteiger partial charge in [0.25, 0.3) is 5.91 Å². The molecule has 2 aromatic rings. The summed E-state index contributed by atoms with van der Waals surface area (Å²) in [6.45, 7) is 5.22. The van der Waals surface area contributed by atoms with Crippen molar-refractivity contribution < 1.29 is 28.4 Å². The monoisotopic (exact) mass is 459 g/mol. The zero-order chi connectivity index (χ0) is 24.1. The van der Waals surface area contributed by atoms with E-state index in [2.05, 4.69) is 9.64 Å². The van der Waals surface area contributed by atoms with Crippen molar-refractivity contribution in [1.82, 2.24) is 9.80 Å². The Bertz CT molecular complexity index is 1030. The minimum Gasteiger partial charge on any atom is -0.477 e. The number of carbonyl (C=O) groups excluding carboxylic acids is 2. The molecule has 0 N–H and O–H groups in total. The number of piperazine rings is 1. The third-order valence-corrected chi connectivity index (χ3v) is 5.66. The quantitative estimate of drug-likeness (QED) is 0.356. The van der Waals surface area contributed by atoms with Gasteiger partial charge in [-0.2, -0.15) is 0 Å². The number of hydrogen-bond acceptors (Lipinski definition) is 7. The SMILES string of the molecule is COC(=O)c1ccc([N+](=O)[O-])c(OCC(=O)N2C[C@H](C)N(Cc3ccc(F)cc3)C[C@H]2C)c1. The number of halogens is 1. The van der Waals surface area contributed by atoms with Gasteiger partial charge in [0, 0.05) is 43.9 Å². The Morgan fingerprint density at radius 1 is 1.12 bits per heavy atom.